The lowest BCUT2D eigenvalue weighted by molar-refractivity contribution is -0.117. The van der Waals surface area contributed by atoms with E-state index in [2.05, 4.69) is 41.8 Å². The van der Waals surface area contributed by atoms with Gasteiger partial charge in [-0.05, 0) is 55.0 Å². The summed E-state index contributed by atoms with van der Waals surface area (Å²) in [5.74, 6) is 1.67. The molecule has 1 aromatic heterocycles. The van der Waals surface area contributed by atoms with Crippen molar-refractivity contribution in [3.8, 4) is 5.75 Å². The monoisotopic (exact) mass is 400 g/mol. The summed E-state index contributed by atoms with van der Waals surface area (Å²) in [6.45, 7) is 4.96. The number of benzene rings is 2. The van der Waals surface area contributed by atoms with E-state index in [1.54, 1.807) is 18.9 Å². The first-order valence-corrected chi connectivity index (χ1v) is 11.0. The summed E-state index contributed by atoms with van der Waals surface area (Å²) in [7, 11) is 1.66. The first kappa shape index (κ1) is 19.7. The van der Waals surface area contributed by atoms with Crippen LogP contribution in [0.1, 0.15) is 16.7 Å². The van der Waals surface area contributed by atoms with Crippen molar-refractivity contribution in [3.05, 3.63) is 57.9 Å². The van der Waals surface area contributed by atoms with Crippen LogP contribution in [0.4, 0.5) is 0 Å². The second-order valence-electron chi connectivity index (χ2n) is 6.46. The van der Waals surface area contributed by atoms with Crippen molar-refractivity contribution >= 4 is 39.2 Å². The fourth-order valence-electron chi connectivity index (χ4n) is 2.90. The van der Waals surface area contributed by atoms with Crippen LogP contribution in [0.2, 0.25) is 0 Å². The highest BCUT2D eigenvalue weighted by atomic mass is 32.2. The van der Waals surface area contributed by atoms with E-state index in [0.29, 0.717) is 6.42 Å². The van der Waals surface area contributed by atoms with Crippen LogP contribution in [0.25, 0.3) is 10.2 Å². The number of methoxy groups -OCH3 is 1. The van der Waals surface area contributed by atoms with Crippen molar-refractivity contribution in [1.29, 1.82) is 0 Å². The van der Waals surface area contributed by atoms with Gasteiger partial charge in [0.2, 0.25) is 0 Å². The van der Waals surface area contributed by atoms with Gasteiger partial charge in [0.15, 0.2) is 4.80 Å². The van der Waals surface area contributed by atoms with Crippen molar-refractivity contribution in [2.24, 2.45) is 4.99 Å². The molecule has 142 valence electrons. The fraction of sp³-hybridized carbons (Fsp3) is 0.333. The van der Waals surface area contributed by atoms with Gasteiger partial charge in [0.05, 0.1) is 23.7 Å². The molecule has 3 aromatic rings. The van der Waals surface area contributed by atoms with E-state index in [-0.39, 0.29) is 5.91 Å². The number of amides is 1. The van der Waals surface area contributed by atoms with Gasteiger partial charge in [-0.3, -0.25) is 4.79 Å². The Morgan fingerprint density at radius 1 is 1.19 bits per heavy atom. The molecule has 0 saturated carbocycles. The van der Waals surface area contributed by atoms with Crippen LogP contribution in [0.3, 0.4) is 0 Å². The molecule has 0 radical (unpaired) electrons. The van der Waals surface area contributed by atoms with E-state index in [1.807, 2.05) is 24.3 Å². The second-order valence-corrected chi connectivity index (χ2v) is 8.46. The van der Waals surface area contributed by atoms with Gasteiger partial charge in [0, 0.05) is 12.3 Å². The lowest BCUT2D eigenvalue weighted by atomic mass is 10.0. The maximum Gasteiger partial charge on any atom is 0.252 e. The van der Waals surface area contributed by atoms with Crippen LogP contribution >= 0.6 is 23.1 Å². The van der Waals surface area contributed by atoms with Crippen molar-refractivity contribution in [2.45, 2.75) is 26.8 Å². The molecule has 0 atom stereocenters. The molecule has 0 aliphatic rings. The number of nitrogens with zero attached hydrogens (tertiary/aromatic N) is 2. The Bertz CT molecular complexity index is 1030. The smallest absolute Gasteiger partial charge is 0.252 e. The van der Waals surface area contributed by atoms with Gasteiger partial charge < -0.3 is 9.30 Å². The molecule has 0 saturated heterocycles. The normalized spacial score (nSPS) is 11.9. The summed E-state index contributed by atoms with van der Waals surface area (Å²) in [6.07, 6.45) is 2.40. The summed E-state index contributed by atoms with van der Waals surface area (Å²) in [4.78, 5) is 17.8. The third-order valence-corrected chi connectivity index (χ3v) is 6.19. The highest BCUT2D eigenvalue weighted by Gasteiger charge is 2.10. The first-order valence-electron chi connectivity index (χ1n) is 8.82. The average Bonchev–Trinajstić information content (AvgIpc) is 2.98. The number of ether oxygens (including phenoxy) is 1. The van der Waals surface area contributed by atoms with Crippen LogP contribution in [0.5, 0.6) is 5.75 Å². The number of hydrogen-bond donors (Lipinski definition) is 0. The van der Waals surface area contributed by atoms with Gasteiger partial charge in [-0.1, -0.05) is 29.5 Å². The van der Waals surface area contributed by atoms with Crippen LogP contribution in [-0.4, -0.2) is 29.6 Å². The number of thioether (sulfide) groups is 1. The highest BCUT2D eigenvalue weighted by molar-refractivity contribution is 7.98. The van der Waals surface area contributed by atoms with Gasteiger partial charge in [-0.15, -0.1) is 0 Å². The van der Waals surface area contributed by atoms with Gasteiger partial charge in [-0.2, -0.15) is 16.8 Å². The van der Waals surface area contributed by atoms with E-state index >= 15 is 0 Å². The summed E-state index contributed by atoms with van der Waals surface area (Å²) < 4.78 is 8.54. The Morgan fingerprint density at radius 3 is 2.70 bits per heavy atom. The standard InChI is InChI=1S/C21H24N2O2S2/c1-14-5-6-16(11-15(14)2)12-20(24)22-21-23(9-10-26-4)18-8-7-17(25-3)13-19(18)27-21/h5-8,11,13H,9-10,12H2,1-4H3. The Morgan fingerprint density at radius 2 is 2.00 bits per heavy atom. The molecule has 0 unspecified atom stereocenters. The van der Waals surface area contributed by atoms with Crippen molar-refractivity contribution in [2.75, 3.05) is 19.1 Å². The number of aromatic nitrogens is 1. The predicted molar refractivity (Wildman–Crippen MR) is 115 cm³/mol. The van der Waals surface area contributed by atoms with Crippen molar-refractivity contribution < 1.29 is 9.53 Å². The number of carbonyl (C=O) groups excluding carboxylic acids is 1. The second kappa shape index (κ2) is 8.76. The third kappa shape index (κ3) is 4.62. The predicted octanol–water partition coefficient (Wildman–Crippen LogP) is 4.36. The first-order chi connectivity index (χ1) is 13.0. The molecule has 2 aromatic carbocycles. The Balaban J connectivity index is 1.97. The summed E-state index contributed by atoms with van der Waals surface area (Å²) in [6, 6.07) is 12.1. The van der Waals surface area contributed by atoms with Crippen LogP contribution < -0.4 is 9.54 Å². The zero-order chi connectivity index (χ0) is 19.4. The molecule has 0 aliphatic heterocycles. The van der Waals surface area contributed by atoms with E-state index in [0.717, 1.165) is 38.6 Å². The molecule has 4 nitrogen and oxygen atoms in total. The quantitative estimate of drug-likeness (QED) is 0.617. The molecule has 1 amide bonds. The number of thiazole rings is 1. The molecule has 0 spiro atoms. The molecule has 27 heavy (non-hydrogen) atoms. The molecule has 1 heterocycles. The lowest BCUT2D eigenvalue weighted by Crippen LogP contribution is -2.18. The topological polar surface area (TPSA) is 43.6 Å². The Kier molecular flexibility index (Phi) is 6.39. The van der Waals surface area contributed by atoms with Gasteiger partial charge in [-0.25, -0.2) is 0 Å². The molecular formula is C21H24N2O2S2. The molecule has 6 heteroatoms. The van der Waals surface area contributed by atoms with Crippen molar-refractivity contribution in [1.82, 2.24) is 4.57 Å². The Hall–Kier alpha value is -2.05. The molecule has 0 aliphatic carbocycles. The number of hydrogen-bond acceptors (Lipinski definition) is 4. The van der Waals surface area contributed by atoms with Gasteiger partial charge in [0.1, 0.15) is 5.75 Å². The van der Waals surface area contributed by atoms with Crippen LogP contribution in [0, 0.1) is 13.8 Å². The fourth-order valence-corrected chi connectivity index (χ4v) is 4.37. The van der Waals surface area contributed by atoms with Gasteiger partial charge in [0.25, 0.3) is 5.91 Å². The van der Waals surface area contributed by atoms with Crippen LogP contribution in [-0.2, 0) is 17.8 Å². The van der Waals surface area contributed by atoms with E-state index in [1.165, 1.54) is 22.5 Å². The molecule has 0 N–H and O–H groups in total. The summed E-state index contributed by atoms with van der Waals surface area (Å²) in [5.41, 5.74) is 4.53. The molecular weight excluding hydrogens is 376 g/mol. The molecule has 0 fully saturated rings. The van der Waals surface area contributed by atoms with E-state index < -0.39 is 0 Å². The Labute approximate surface area is 167 Å². The molecule has 3 rings (SSSR count). The lowest BCUT2D eigenvalue weighted by Gasteiger charge is -2.05. The minimum atomic E-state index is -0.116. The summed E-state index contributed by atoms with van der Waals surface area (Å²) in [5, 5.41) is 0. The minimum absolute atomic E-state index is 0.116. The maximum absolute atomic E-state index is 12.6. The van der Waals surface area contributed by atoms with E-state index in [9.17, 15) is 4.79 Å². The number of rotatable bonds is 6. The minimum Gasteiger partial charge on any atom is -0.497 e. The SMILES string of the molecule is COc1ccc2c(c1)sc(=NC(=O)Cc1ccc(C)c(C)c1)n2CCSC. The summed E-state index contributed by atoms with van der Waals surface area (Å²) >= 11 is 3.32. The van der Waals surface area contributed by atoms with E-state index in [4.69, 9.17) is 4.74 Å². The zero-order valence-electron chi connectivity index (χ0n) is 16.1. The number of carbonyl (C=O) groups is 1. The zero-order valence-corrected chi connectivity index (χ0v) is 17.7. The van der Waals surface area contributed by atoms with Crippen LogP contribution in [0.15, 0.2) is 41.4 Å². The average molecular weight is 401 g/mol. The largest absolute Gasteiger partial charge is 0.497 e. The third-order valence-electron chi connectivity index (χ3n) is 4.56. The number of aryl methyl sites for hydroxylation is 3. The number of fused-ring (bicyclic) bond motifs is 1. The molecule has 0 bridgehead atoms. The van der Waals surface area contributed by atoms with Crippen molar-refractivity contribution in [3.63, 3.8) is 0 Å². The maximum atomic E-state index is 12.6. The van der Waals surface area contributed by atoms with Gasteiger partial charge >= 0.3 is 0 Å². The highest BCUT2D eigenvalue weighted by Crippen LogP contribution is 2.23.